The highest BCUT2D eigenvalue weighted by Crippen LogP contribution is 2.11. The molecule has 1 saturated heterocycles. The average Bonchev–Trinajstić information content (AvgIpc) is 2.50. The number of hydrogen-bond donors (Lipinski definition) is 1. The van der Waals surface area contributed by atoms with E-state index in [0.29, 0.717) is 5.92 Å². The Kier molecular flexibility index (Phi) is 4.50. The molecule has 0 amide bonds. The molecule has 2 N–H and O–H groups in total. The van der Waals surface area contributed by atoms with Crippen LogP contribution in [0.2, 0.25) is 0 Å². The lowest BCUT2D eigenvalue weighted by Gasteiger charge is -2.07. The molecule has 0 bridgehead atoms. The van der Waals surface area contributed by atoms with Crippen LogP contribution in [0.4, 0.5) is 0 Å². The van der Waals surface area contributed by atoms with Gasteiger partial charge in [0.05, 0.1) is 13.2 Å². The first kappa shape index (κ1) is 8.97. The Hall–Kier alpha value is -0.120. The van der Waals surface area contributed by atoms with Crippen LogP contribution in [0.5, 0.6) is 0 Å². The lowest BCUT2D eigenvalue weighted by atomic mass is 10.1. The lowest BCUT2D eigenvalue weighted by molar-refractivity contribution is 0.0893. The van der Waals surface area contributed by atoms with Crippen molar-refractivity contribution >= 4 is 0 Å². The summed E-state index contributed by atoms with van der Waals surface area (Å²) in [6, 6.07) is 0. The maximum Gasteiger partial charge on any atom is 0.0517 e. The van der Waals surface area contributed by atoms with E-state index in [4.69, 9.17) is 15.2 Å². The van der Waals surface area contributed by atoms with Crippen LogP contribution in [-0.2, 0) is 9.47 Å². The largest absolute Gasteiger partial charge is 0.381 e. The number of ether oxygens (including phenoxy) is 2. The molecule has 0 aliphatic carbocycles. The standard InChI is InChI=1S/C8H17NO2/c9-3-1-4-10-6-8-2-5-11-7-8/h8H,1-7,9H2/t8-/m1/s1. The molecular formula is C8H17NO2. The molecule has 0 aromatic carbocycles. The quantitative estimate of drug-likeness (QED) is 0.590. The van der Waals surface area contributed by atoms with Gasteiger partial charge in [-0.2, -0.15) is 0 Å². The normalized spacial score (nSPS) is 24.3. The van der Waals surface area contributed by atoms with E-state index in [-0.39, 0.29) is 0 Å². The van der Waals surface area contributed by atoms with Gasteiger partial charge in [-0.1, -0.05) is 0 Å². The first-order valence-corrected chi connectivity index (χ1v) is 4.29. The fraction of sp³-hybridized carbons (Fsp3) is 1.00. The van der Waals surface area contributed by atoms with E-state index in [9.17, 15) is 0 Å². The van der Waals surface area contributed by atoms with Gasteiger partial charge in [0, 0.05) is 19.1 Å². The molecule has 11 heavy (non-hydrogen) atoms. The summed E-state index contributed by atoms with van der Waals surface area (Å²) in [6.45, 7) is 4.15. The Morgan fingerprint density at radius 2 is 2.45 bits per heavy atom. The van der Waals surface area contributed by atoms with Gasteiger partial charge >= 0.3 is 0 Å². The molecule has 0 unspecified atom stereocenters. The Morgan fingerprint density at radius 1 is 1.55 bits per heavy atom. The molecule has 1 rings (SSSR count). The molecule has 1 heterocycles. The zero-order valence-corrected chi connectivity index (χ0v) is 6.92. The van der Waals surface area contributed by atoms with E-state index in [1.807, 2.05) is 0 Å². The van der Waals surface area contributed by atoms with Crippen LogP contribution in [0.25, 0.3) is 0 Å². The molecule has 0 aromatic rings. The smallest absolute Gasteiger partial charge is 0.0517 e. The molecular weight excluding hydrogens is 142 g/mol. The van der Waals surface area contributed by atoms with Crippen LogP contribution in [-0.4, -0.2) is 33.0 Å². The van der Waals surface area contributed by atoms with Crippen molar-refractivity contribution < 1.29 is 9.47 Å². The highest BCUT2D eigenvalue weighted by atomic mass is 16.5. The second-order valence-electron chi connectivity index (χ2n) is 2.95. The molecule has 1 fully saturated rings. The number of rotatable bonds is 5. The SMILES string of the molecule is NCCCOC[C@H]1CCOC1. The average molecular weight is 159 g/mol. The first-order valence-electron chi connectivity index (χ1n) is 4.29. The molecule has 3 nitrogen and oxygen atoms in total. The van der Waals surface area contributed by atoms with Gasteiger partial charge in [0.15, 0.2) is 0 Å². The van der Waals surface area contributed by atoms with Gasteiger partial charge in [0.25, 0.3) is 0 Å². The van der Waals surface area contributed by atoms with Crippen LogP contribution in [0, 0.1) is 5.92 Å². The molecule has 0 aromatic heterocycles. The van der Waals surface area contributed by atoms with E-state index in [0.717, 1.165) is 45.8 Å². The first-order chi connectivity index (χ1) is 5.43. The van der Waals surface area contributed by atoms with Gasteiger partial charge in [-0.3, -0.25) is 0 Å². The second-order valence-corrected chi connectivity index (χ2v) is 2.95. The van der Waals surface area contributed by atoms with E-state index in [2.05, 4.69) is 0 Å². The van der Waals surface area contributed by atoms with Gasteiger partial charge in [-0.05, 0) is 19.4 Å². The minimum absolute atomic E-state index is 0.632. The van der Waals surface area contributed by atoms with E-state index in [1.54, 1.807) is 0 Å². The fourth-order valence-electron chi connectivity index (χ4n) is 1.15. The van der Waals surface area contributed by atoms with Gasteiger partial charge in [-0.25, -0.2) is 0 Å². The third kappa shape index (κ3) is 3.70. The highest BCUT2D eigenvalue weighted by molar-refractivity contribution is 4.62. The van der Waals surface area contributed by atoms with Crippen molar-refractivity contribution in [2.75, 3.05) is 33.0 Å². The summed E-state index contributed by atoms with van der Waals surface area (Å²) in [7, 11) is 0. The Morgan fingerprint density at radius 3 is 3.09 bits per heavy atom. The Bertz CT molecular complexity index is 92.1. The molecule has 66 valence electrons. The third-order valence-electron chi connectivity index (χ3n) is 1.87. The topological polar surface area (TPSA) is 44.5 Å². The van der Waals surface area contributed by atoms with E-state index in [1.165, 1.54) is 0 Å². The van der Waals surface area contributed by atoms with E-state index < -0.39 is 0 Å². The summed E-state index contributed by atoms with van der Waals surface area (Å²) in [5.41, 5.74) is 5.32. The van der Waals surface area contributed by atoms with Crippen LogP contribution in [0.3, 0.4) is 0 Å². The summed E-state index contributed by atoms with van der Waals surface area (Å²) in [5, 5.41) is 0. The molecule has 1 aliphatic heterocycles. The van der Waals surface area contributed by atoms with Crippen LogP contribution in [0.15, 0.2) is 0 Å². The maximum atomic E-state index is 5.40. The van der Waals surface area contributed by atoms with Gasteiger partial charge in [-0.15, -0.1) is 0 Å². The van der Waals surface area contributed by atoms with Crippen molar-refractivity contribution in [3.63, 3.8) is 0 Å². The predicted molar refractivity (Wildman–Crippen MR) is 43.4 cm³/mol. The lowest BCUT2D eigenvalue weighted by Crippen LogP contribution is -2.11. The Labute approximate surface area is 67.9 Å². The summed E-state index contributed by atoms with van der Waals surface area (Å²) in [4.78, 5) is 0. The maximum absolute atomic E-state index is 5.40. The van der Waals surface area contributed by atoms with Crippen molar-refractivity contribution in [1.29, 1.82) is 0 Å². The van der Waals surface area contributed by atoms with Crippen molar-refractivity contribution in [2.45, 2.75) is 12.8 Å². The van der Waals surface area contributed by atoms with Crippen molar-refractivity contribution in [1.82, 2.24) is 0 Å². The highest BCUT2D eigenvalue weighted by Gasteiger charge is 2.14. The summed E-state index contributed by atoms with van der Waals surface area (Å²) in [6.07, 6.45) is 2.12. The number of nitrogens with two attached hydrogens (primary N) is 1. The monoisotopic (exact) mass is 159 g/mol. The molecule has 0 spiro atoms. The fourth-order valence-corrected chi connectivity index (χ4v) is 1.15. The second kappa shape index (κ2) is 5.52. The van der Waals surface area contributed by atoms with Crippen LogP contribution in [0.1, 0.15) is 12.8 Å². The van der Waals surface area contributed by atoms with Gasteiger partial charge in [0.1, 0.15) is 0 Å². The third-order valence-corrected chi connectivity index (χ3v) is 1.87. The molecule has 3 heteroatoms. The molecule has 0 saturated carbocycles. The van der Waals surface area contributed by atoms with Gasteiger partial charge < -0.3 is 15.2 Å². The summed E-state index contributed by atoms with van der Waals surface area (Å²) in [5.74, 6) is 0.632. The van der Waals surface area contributed by atoms with Crippen LogP contribution < -0.4 is 5.73 Å². The zero-order valence-electron chi connectivity index (χ0n) is 6.92. The minimum Gasteiger partial charge on any atom is -0.381 e. The van der Waals surface area contributed by atoms with Crippen molar-refractivity contribution in [3.05, 3.63) is 0 Å². The zero-order chi connectivity index (χ0) is 7.94. The minimum atomic E-state index is 0.632. The molecule has 1 aliphatic rings. The summed E-state index contributed by atoms with van der Waals surface area (Å²) < 4.78 is 10.6. The molecule has 1 atom stereocenters. The van der Waals surface area contributed by atoms with Crippen molar-refractivity contribution in [3.8, 4) is 0 Å². The summed E-state index contributed by atoms with van der Waals surface area (Å²) >= 11 is 0. The van der Waals surface area contributed by atoms with Gasteiger partial charge in [0.2, 0.25) is 0 Å². The van der Waals surface area contributed by atoms with Crippen molar-refractivity contribution in [2.24, 2.45) is 11.7 Å². The Balaban J connectivity index is 1.86. The van der Waals surface area contributed by atoms with Crippen LogP contribution >= 0.6 is 0 Å². The molecule has 0 radical (unpaired) electrons. The number of hydrogen-bond acceptors (Lipinski definition) is 3. The van der Waals surface area contributed by atoms with E-state index >= 15 is 0 Å². The predicted octanol–water partition coefficient (Wildman–Crippen LogP) is 0.388.